The minimum Gasteiger partial charge on any atom is -0.535 e. The molecule has 1 aromatic heterocycles. The fourth-order valence-corrected chi connectivity index (χ4v) is 4.20. The third-order valence-corrected chi connectivity index (χ3v) is 5.87. The number of hydrogen-bond donors (Lipinski definition) is 3. The smallest absolute Gasteiger partial charge is 0.526 e. The molecule has 10 nitrogen and oxygen atoms in total. The van der Waals surface area contributed by atoms with Gasteiger partial charge in [-0.3, -0.25) is 9.59 Å². The van der Waals surface area contributed by atoms with Crippen molar-refractivity contribution in [3.05, 3.63) is 35.2 Å². The Morgan fingerprint density at radius 3 is 3.06 bits per heavy atom. The van der Waals surface area contributed by atoms with Gasteiger partial charge < -0.3 is 20.3 Å². The molecule has 0 unspecified atom stereocenters. The molecule has 0 amide bonds. The van der Waals surface area contributed by atoms with E-state index in [2.05, 4.69) is 26.2 Å². The van der Waals surface area contributed by atoms with Crippen LogP contribution < -0.4 is 15.3 Å². The van der Waals surface area contributed by atoms with E-state index in [1.807, 2.05) is 6.07 Å². The third-order valence-electron chi connectivity index (χ3n) is 5.87. The molecule has 1 aromatic carbocycles. The summed E-state index contributed by atoms with van der Waals surface area (Å²) in [7, 11) is -1.14. The summed E-state index contributed by atoms with van der Waals surface area (Å²) in [4.78, 5) is 24.5. The van der Waals surface area contributed by atoms with Gasteiger partial charge in [-0.1, -0.05) is 12.1 Å². The van der Waals surface area contributed by atoms with E-state index in [1.165, 1.54) is 6.92 Å². The SMILES string of the molecule is CC(=O)c1cccc2c1OB(O)[C@@H](CC(=O)Cc1nnnn1CCN[C@H]1CCNC1)C2. The summed E-state index contributed by atoms with van der Waals surface area (Å²) in [5.41, 5.74) is 1.27. The maximum absolute atomic E-state index is 12.7. The molecule has 3 N–H and O–H groups in total. The molecule has 2 atom stereocenters. The Morgan fingerprint density at radius 1 is 1.42 bits per heavy atom. The Kier molecular flexibility index (Phi) is 6.74. The largest absolute Gasteiger partial charge is 0.535 e. The minimum absolute atomic E-state index is 0.0668. The molecule has 2 aliphatic rings. The summed E-state index contributed by atoms with van der Waals surface area (Å²) in [5, 5.41) is 28.9. The van der Waals surface area contributed by atoms with Crippen LogP contribution in [-0.2, 0) is 24.2 Å². The van der Waals surface area contributed by atoms with Gasteiger partial charge >= 0.3 is 7.12 Å². The number of carbonyl (C=O) groups is 2. The number of fused-ring (bicyclic) bond motifs is 1. The molecule has 31 heavy (non-hydrogen) atoms. The van der Waals surface area contributed by atoms with Crippen molar-refractivity contribution in [2.75, 3.05) is 19.6 Å². The van der Waals surface area contributed by atoms with Gasteiger partial charge in [0.25, 0.3) is 0 Å². The molecular weight excluding hydrogens is 399 g/mol. The molecule has 0 radical (unpaired) electrons. The van der Waals surface area contributed by atoms with Crippen molar-refractivity contribution in [1.29, 1.82) is 0 Å². The van der Waals surface area contributed by atoms with Gasteiger partial charge in [0.2, 0.25) is 0 Å². The summed E-state index contributed by atoms with van der Waals surface area (Å²) in [6, 6.07) is 5.79. The first-order chi connectivity index (χ1) is 15.0. The molecule has 3 heterocycles. The van der Waals surface area contributed by atoms with E-state index in [9.17, 15) is 14.6 Å². The fraction of sp³-hybridized carbons (Fsp3) is 0.550. The van der Waals surface area contributed by atoms with Gasteiger partial charge in [-0.25, -0.2) is 4.68 Å². The maximum Gasteiger partial charge on any atom is 0.526 e. The first kappa shape index (κ1) is 21.6. The van der Waals surface area contributed by atoms with Crippen molar-refractivity contribution in [2.24, 2.45) is 0 Å². The highest BCUT2D eigenvalue weighted by molar-refractivity contribution is 6.47. The highest BCUT2D eigenvalue weighted by Crippen LogP contribution is 2.36. The van der Waals surface area contributed by atoms with Crippen molar-refractivity contribution >= 4 is 18.7 Å². The van der Waals surface area contributed by atoms with E-state index >= 15 is 0 Å². The van der Waals surface area contributed by atoms with Crippen LogP contribution >= 0.6 is 0 Å². The van der Waals surface area contributed by atoms with E-state index in [-0.39, 0.29) is 30.2 Å². The van der Waals surface area contributed by atoms with E-state index in [4.69, 9.17) is 4.65 Å². The van der Waals surface area contributed by atoms with Crippen LogP contribution in [0, 0.1) is 0 Å². The second-order valence-corrected chi connectivity index (χ2v) is 8.20. The Morgan fingerprint density at radius 2 is 2.29 bits per heavy atom. The van der Waals surface area contributed by atoms with Gasteiger partial charge in [0.05, 0.1) is 18.5 Å². The number of Topliss-reactive ketones (excluding diaryl/α,β-unsaturated/α-hetero) is 2. The van der Waals surface area contributed by atoms with E-state index in [1.54, 1.807) is 16.8 Å². The molecule has 0 spiro atoms. The Bertz CT molecular complexity index is 946. The predicted octanol–water partition coefficient (Wildman–Crippen LogP) is -0.185. The number of benzene rings is 1. The van der Waals surface area contributed by atoms with Crippen LogP contribution in [0.1, 0.15) is 41.5 Å². The molecule has 11 heteroatoms. The zero-order valence-electron chi connectivity index (χ0n) is 17.6. The summed E-state index contributed by atoms with van der Waals surface area (Å²) < 4.78 is 7.27. The van der Waals surface area contributed by atoms with E-state index in [0.717, 1.165) is 31.6 Å². The van der Waals surface area contributed by atoms with Gasteiger partial charge in [0, 0.05) is 31.4 Å². The van der Waals surface area contributed by atoms with Crippen LogP contribution in [0.15, 0.2) is 18.2 Å². The Labute approximate surface area is 180 Å². The number of nitrogens with one attached hydrogen (secondary N) is 2. The molecule has 4 rings (SSSR count). The number of para-hydroxylation sites is 1. The van der Waals surface area contributed by atoms with Gasteiger partial charge in [0.15, 0.2) is 11.6 Å². The highest BCUT2D eigenvalue weighted by Gasteiger charge is 2.37. The summed E-state index contributed by atoms with van der Waals surface area (Å²) >= 11 is 0. The minimum atomic E-state index is -1.14. The average molecular weight is 426 g/mol. The standard InChI is InChI=1S/C20H27BN6O4/c1-13(28)18-4-2-3-14-9-15(21(30)31-20(14)18)10-17(29)11-19-24-25-26-27(19)8-7-23-16-5-6-22-12-16/h2-4,15-16,22-23,30H,5-12H2,1H3/t15-,16+/m1/s1. The third kappa shape index (κ3) is 5.17. The zero-order valence-corrected chi connectivity index (χ0v) is 17.6. The van der Waals surface area contributed by atoms with Crippen LogP contribution in [0.4, 0.5) is 0 Å². The second kappa shape index (κ2) is 9.67. The molecule has 0 bridgehead atoms. The summed E-state index contributed by atoms with van der Waals surface area (Å²) in [6.07, 6.45) is 1.81. The van der Waals surface area contributed by atoms with Gasteiger partial charge in [-0.15, -0.1) is 5.10 Å². The van der Waals surface area contributed by atoms with Crippen LogP contribution in [-0.4, -0.2) is 69.6 Å². The molecule has 2 aromatic rings. The predicted molar refractivity (Wildman–Crippen MR) is 113 cm³/mol. The fourth-order valence-electron chi connectivity index (χ4n) is 4.20. The number of ketones is 2. The molecular formula is C20H27BN6O4. The average Bonchev–Trinajstić information content (AvgIpc) is 3.40. The highest BCUT2D eigenvalue weighted by atomic mass is 16.5. The number of tetrazole rings is 1. The molecule has 164 valence electrons. The van der Waals surface area contributed by atoms with E-state index in [0.29, 0.717) is 36.1 Å². The number of aromatic nitrogens is 4. The Balaban J connectivity index is 1.33. The lowest BCUT2D eigenvalue weighted by Crippen LogP contribution is -2.36. The van der Waals surface area contributed by atoms with Crippen LogP contribution in [0.3, 0.4) is 0 Å². The quantitative estimate of drug-likeness (QED) is 0.369. The first-order valence-corrected chi connectivity index (χ1v) is 10.7. The van der Waals surface area contributed by atoms with Crippen molar-refractivity contribution in [2.45, 2.75) is 51.0 Å². The Hall–Kier alpha value is -2.63. The molecule has 0 aliphatic carbocycles. The van der Waals surface area contributed by atoms with Crippen LogP contribution in [0.5, 0.6) is 5.75 Å². The van der Waals surface area contributed by atoms with Gasteiger partial charge in [-0.2, -0.15) is 0 Å². The first-order valence-electron chi connectivity index (χ1n) is 10.7. The number of nitrogens with zero attached hydrogens (tertiary/aromatic N) is 4. The lowest BCUT2D eigenvalue weighted by molar-refractivity contribution is -0.118. The van der Waals surface area contributed by atoms with Crippen LogP contribution in [0.25, 0.3) is 0 Å². The van der Waals surface area contributed by atoms with Crippen molar-refractivity contribution in [3.63, 3.8) is 0 Å². The lowest BCUT2D eigenvalue weighted by Gasteiger charge is -2.28. The maximum atomic E-state index is 12.7. The normalized spacial score (nSPS) is 20.4. The lowest BCUT2D eigenvalue weighted by atomic mass is 9.64. The molecule has 1 fully saturated rings. The molecule has 0 saturated carbocycles. The van der Waals surface area contributed by atoms with E-state index < -0.39 is 7.12 Å². The topological polar surface area (TPSA) is 131 Å². The monoisotopic (exact) mass is 426 g/mol. The van der Waals surface area contributed by atoms with Gasteiger partial charge in [-0.05, 0) is 48.4 Å². The summed E-state index contributed by atoms with van der Waals surface area (Å²) in [6.45, 7) is 4.76. The van der Waals surface area contributed by atoms with Crippen molar-refractivity contribution in [3.8, 4) is 5.75 Å². The number of rotatable bonds is 9. The number of carbonyl (C=O) groups excluding carboxylic acids is 2. The molecule has 2 aliphatic heterocycles. The molecule has 1 saturated heterocycles. The second-order valence-electron chi connectivity index (χ2n) is 8.20. The van der Waals surface area contributed by atoms with Crippen molar-refractivity contribution in [1.82, 2.24) is 30.8 Å². The summed E-state index contributed by atoms with van der Waals surface area (Å²) in [5.74, 6) is 0.358. The van der Waals surface area contributed by atoms with Crippen LogP contribution in [0.2, 0.25) is 5.82 Å². The van der Waals surface area contributed by atoms with Gasteiger partial charge in [0.1, 0.15) is 11.5 Å². The zero-order chi connectivity index (χ0) is 21.8. The van der Waals surface area contributed by atoms with Crippen molar-refractivity contribution < 1.29 is 19.3 Å². The number of hydrogen-bond acceptors (Lipinski definition) is 9.